The van der Waals surface area contributed by atoms with Gasteiger partial charge in [0, 0.05) is 65.5 Å². The van der Waals surface area contributed by atoms with Crippen molar-refractivity contribution in [3.63, 3.8) is 0 Å². The van der Waals surface area contributed by atoms with Gasteiger partial charge in [-0.15, -0.1) is 0 Å². The molecule has 0 amide bonds. The number of benzene rings is 3. The number of aromatic nitrogens is 1. The van der Waals surface area contributed by atoms with Crippen LogP contribution in [0.5, 0.6) is 0 Å². The molecule has 0 spiro atoms. The number of nitrogens with zero attached hydrogens (tertiary/aromatic N) is 1. The smallest absolute Gasteiger partial charge is 0.335 e. The normalized spacial score (nSPS) is 15.1. The van der Waals surface area contributed by atoms with E-state index in [4.69, 9.17) is 20.6 Å². The average molecular weight is 502 g/mol. The van der Waals surface area contributed by atoms with Gasteiger partial charge in [-0.3, -0.25) is 0 Å². The third-order valence-corrected chi connectivity index (χ3v) is 7.21. The lowest BCUT2D eigenvalue weighted by Crippen LogP contribution is -2.40. The number of hydrogen-bond donors (Lipinski definition) is 3. The maximum atomic E-state index is 14.0. The summed E-state index contributed by atoms with van der Waals surface area (Å²) >= 11 is 0. The number of carboxylic acids is 1. The number of hydrogen-bond acceptors (Lipinski definition) is 5. The van der Waals surface area contributed by atoms with Gasteiger partial charge in [-0.2, -0.15) is 0 Å². The van der Waals surface area contributed by atoms with Gasteiger partial charge < -0.3 is 30.3 Å². The lowest BCUT2D eigenvalue weighted by Gasteiger charge is -2.38. The van der Waals surface area contributed by atoms with Gasteiger partial charge in [0.25, 0.3) is 0 Å². The van der Waals surface area contributed by atoms with Crippen LogP contribution in [-0.4, -0.2) is 48.8 Å². The van der Waals surface area contributed by atoms with Crippen LogP contribution in [0.15, 0.2) is 60.7 Å². The Kier molecular flexibility index (Phi) is 6.54. The number of rotatable bonds is 7. The molecular formula is C29H28FN3O4. The predicted molar refractivity (Wildman–Crippen MR) is 142 cm³/mol. The van der Waals surface area contributed by atoms with Crippen molar-refractivity contribution in [1.29, 1.82) is 5.41 Å². The number of halogens is 1. The first-order chi connectivity index (χ1) is 17.9. The Balaban J connectivity index is 1.94. The topological polar surface area (TPSA) is 111 Å². The summed E-state index contributed by atoms with van der Waals surface area (Å²) < 4.78 is 27.6. The Labute approximate surface area is 213 Å². The maximum Gasteiger partial charge on any atom is 0.335 e. The predicted octanol–water partition coefficient (Wildman–Crippen LogP) is 5.41. The fourth-order valence-corrected chi connectivity index (χ4v) is 5.41. The van der Waals surface area contributed by atoms with Crippen molar-refractivity contribution < 1.29 is 23.8 Å². The summed E-state index contributed by atoms with van der Waals surface area (Å²) in [5, 5.41) is 18.2. The second-order valence-corrected chi connectivity index (χ2v) is 9.39. The van der Waals surface area contributed by atoms with Crippen molar-refractivity contribution in [1.82, 2.24) is 4.57 Å². The molecule has 5 rings (SSSR count). The van der Waals surface area contributed by atoms with E-state index in [0.717, 1.165) is 33.4 Å². The van der Waals surface area contributed by atoms with E-state index in [1.807, 2.05) is 12.1 Å². The van der Waals surface area contributed by atoms with Gasteiger partial charge >= 0.3 is 5.97 Å². The number of carbonyl (C=O) groups is 1. The number of methoxy groups -OCH3 is 1. The monoisotopic (exact) mass is 501 g/mol. The second kappa shape index (κ2) is 9.80. The van der Waals surface area contributed by atoms with E-state index in [-0.39, 0.29) is 11.4 Å². The SMILES string of the molecule is COCC1(c2c(-c3ccc(C(=O)O)cc3)c3cc(N)c(C=N)cc3n2-c2ccc(F)cc2)CCOCC1. The van der Waals surface area contributed by atoms with Crippen LogP contribution in [0, 0.1) is 11.2 Å². The first-order valence-corrected chi connectivity index (χ1v) is 12.0. The average Bonchev–Trinajstić information content (AvgIpc) is 3.23. The molecule has 2 heterocycles. The molecule has 1 saturated heterocycles. The second-order valence-electron chi connectivity index (χ2n) is 9.39. The highest BCUT2D eigenvalue weighted by Gasteiger charge is 2.41. The van der Waals surface area contributed by atoms with E-state index in [0.29, 0.717) is 43.9 Å². The fraction of sp³-hybridized carbons (Fsp3) is 0.241. The minimum atomic E-state index is -0.999. The largest absolute Gasteiger partial charge is 0.478 e. The first-order valence-electron chi connectivity index (χ1n) is 12.0. The zero-order valence-corrected chi connectivity index (χ0v) is 20.5. The minimum Gasteiger partial charge on any atom is -0.478 e. The van der Waals surface area contributed by atoms with Crippen LogP contribution in [0.1, 0.15) is 34.5 Å². The quantitative estimate of drug-likeness (QED) is 0.232. The molecule has 0 aliphatic carbocycles. The summed E-state index contributed by atoms with van der Waals surface area (Å²) in [6, 6.07) is 16.8. The van der Waals surface area contributed by atoms with Crippen LogP contribution < -0.4 is 5.73 Å². The van der Waals surface area contributed by atoms with Crippen LogP contribution in [-0.2, 0) is 14.9 Å². The number of fused-ring (bicyclic) bond motifs is 1. The van der Waals surface area contributed by atoms with E-state index in [1.54, 1.807) is 43.5 Å². The highest BCUT2D eigenvalue weighted by atomic mass is 19.1. The molecular weight excluding hydrogens is 473 g/mol. The highest BCUT2D eigenvalue weighted by Crippen LogP contribution is 2.47. The Morgan fingerprint density at radius 3 is 2.43 bits per heavy atom. The van der Waals surface area contributed by atoms with Gasteiger partial charge in [0.1, 0.15) is 5.82 Å². The summed E-state index contributed by atoms with van der Waals surface area (Å²) in [5.74, 6) is -1.34. The van der Waals surface area contributed by atoms with Gasteiger partial charge in [-0.05, 0) is 66.9 Å². The van der Waals surface area contributed by atoms with E-state index in [1.165, 1.54) is 18.3 Å². The van der Waals surface area contributed by atoms with Crippen molar-refractivity contribution in [2.45, 2.75) is 18.3 Å². The van der Waals surface area contributed by atoms with Crippen molar-refractivity contribution in [3.05, 3.63) is 83.3 Å². The first kappa shape index (κ1) is 24.7. The number of ether oxygens (including phenoxy) is 2. The molecule has 0 radical (unpaired) electrons. The maximum absolute atomic E-state index is 14.0. The van der Waals surface area contributed by atoms with Gasteiger partial charge in [0.15, 0.2) is 0 Å². The van der Waals surface area contributed by atoms with Crippen LogP contribution in [0.3, 0.4) is 0 Å². The van der Waals surface area contributed by atoms with Crippen molar-refractivity contribution in [2.75, 3.05) is 32.7 Å². The van der Waals surface area contributed by atoms with Crippen molar-refractivity contribution >= 4 is 28.8 Å². The summed E-state index contributed by atoms with van der Waals surface area (Å²) in [5.41, 5.74) is 11.4. The molecule has 0 saturated carbocycles. The third-order valence-electron chi connectivity index (χ3n) is 7.21. The Morgan fingerprint density at radius 1 is 1.16 bits per heavy atom. The molecule has 3 aromatic carbocycles. The van der Waals surface area contributed by atoms with Crippen LogP contribution in [0.25, 0.3) is 27.7 Å². The Bertz CT molecular complexity index is 1460. The third kappa shape index (κ3) is 4.28. The number of aromatic carboxylic acids is 1. The van der Waals surface area contributed by atoms with E-state index >= 15 is 0 Å². The minimum absolute atomic E-state index is 0.191. The van der Waals surface area contributed by atoms with E-state index in [2.05, 4.69) is 4.57 Å². The molecule has 1 aromatic heterocycles. The summed E-state index contributed by atoms with van der Waals surface area (Å²) in [6.45, 7) is 1.54. The zero-order chi connectivity index (χ0) is 26.2. The molecule has 1 fully saturated rings. The number of carboxylic acid groups (broad SMARTS) is 1. The lowest BCUT2D eigenvalue weighted by atomic mass is 9.75. The molecule has 0 unspecified atom stereocenters. The molecule has 4 N–H and O–H groups in total. The molecule has 190 valence electrons. The van der Waals surface area contributed by atoms with Crippen molar-refractivity contribution in [3.8, 4) is 16.8 Å². The molecule has 7 nitrogen and oxygen atoms in total. The fourth-order valence-electron chi connectivity index (χ4n) is 5.41. The number of nitrogens with one attached hydrogen (secondary N) is 1. The Hall–Kier alpha value is -4.01. The molecule has 1 aliphatic heterocycles. The van der Waals surface area contributed by atoms with Gasteiger partial charge in [0.2, 0.25) is 0 Å². The van der Waals surface area contributed by atoms with Gasteiger partial charge in [-0.1, -0.05) is 12.1 Å². The van der Waals surface area contributed by atoms with Crippen molar-refractivity contribution in [2.24, 2.45) is 0 Å². The van der Waals surface area contributed by atoms with Gasteiger partial charge in [-0.25, -0.2) is 9.18 Å². The molecule has 1 aliphatic rings. The molecule has 4 aromatic rings. The van der Waals surface area contributed by atoms with E-state index < -0.39 is 11.4 Å². The standard InChI is InChI=1S/C29H28FN3O4/c1-36-17-29(10-12-37-13-11-29)27-26(18-2-4-19(5-3-18)28(34)35)23-15-24(32)20(16-31)14-25(23)33(27)22-8-6-21(30)7-9-22/h2-9,14-16,31H,10-13,17,32H2,1H3,(H,34,35). The van der Waals surface area contributed by atoms with E-state index in [9.17, 15) is 14.3 Å². The summed E-state index contributed by atoms with van der Waals surface area (Å²) in [4.78, 5) is 11.5. The van der Waals surface area contributed by atoms with Crippen LogP contribution in [0.4, 0.5) is 10.1 Å². The van der Waals surface area contributed by atoms with Crippen LogP contribution >= 0.6 is 0 Å². The summed E-state index contributed by atoms with van der Waals surface area (Å²) in [6.07, 6.45) is 2.62. The highest BCUT2D eigenvalue weighted by molar-refractivity contribution is 6.05. The number of anilines is 1. The molecule has 8 heteroatoms. The van der Waals surface area contributed by atoms with Gasteiger partial charge in [0.05, 0.1) is 17.7 Å². The summed E-state index contributed by atoms with van der Waals surface area (Å²) in [7, 11) is 1.68. The number of nitrogen functional groups attached to an aromatic ring is 1. The van der Waals surface area contributed by atoms with Crippen LogP contribution in [0.2, 0.25) is 0 Å². The molecule has 0 atom stereocenters. The molecule has 37 heavy (non-hydrogen) atoms. The lowest BCUT2D eigenvalue weighted by molar-refractivity contribution is 0.0116. The number of nitrogens with two attached hydrogens (primary N) is 1. The Morgan fingerprint density at radius 2 is 1.84 bits per heavy atom. The molecule has 0 bridgehead atoms. The zero-order valence-electron chi connectivity index (χ0n) is 20.5.